The number of amides is 1. The Labute approximate surface area is 126 Å². The maximum atomic E-state index is 12.4. The van der Waals surface area contributed by atoms with Crippen LogP contribution in [0.3, 0.4) is 0 Å². The Bertz CT molecular complexity index is 597. The van der Waals surface area contributed by atoms with Crippen molar-refractivity contribution >= 4 is 17.6 Å². The van der Waals surface area contributed by atoms with Crippen LogP contribution in [0.2, 0.25) is 0 Å². The molecule has 114 valence electrons. The molecule has 2 rings (SSSR count). The first-order chi connectivity index (χ1) is 9.51. The van der Waals surface area contributed by atoms with Gasteiger partial charge in [0.15, 0.2) is 5.78 Å². The number of ketones is 1. The summed E-state index contributed by atoms with van der Waals surface area (Å²) in [6, 6.07) is 5.49. The van der Waals surface area contributed by atoms with Crippen molar-refractivity contribution in [1.82, 2.24) is 0 Å². The third-order valence-electron chi connectivity index (χ3n) is 3.59. The van der Waals surface area contributed by atoms with Crippen LogP contribution < -0.4 is 4.90 Å². The smallest absolute Gasteiger partial charge is 0.414 e. The van der Waals surface area contributed by atoms with Gasteiger partial charge < -0.3 is 4.74 Å². The van der Waals surface area contributed by atoms with Gasteiger partial charge in [-0.2, -0.15) is 0 Å². The topological polar surface area (TPSA) is 46.6 Å². The largest absolute Gasteiger partial charge is 0.443 e. The number of hydrogen-bond acceptors (Lipinski definition) is 3. The zero-order valence-electron chi connectivity index (χ0n) is 13.6. The fraction of sp³-hybridized carbons (Fsp3) is 0.529. The number of benzene rings is 1. The lowest BCUT2D eigenvalue weighted by Gasteiger charge is -2.25. The number of Topliss-reactive ketones (excluding diaryl/α,β-unsaturated/α-hetero) is 1. The Morgan fingerprint density at radius 2 is 1.86 bits per heavy atom. The van der Waals surface area contributed by atoms with Gasteiger partial charge in [-0.05, 0) is 51.5 Å². The van der Waals surface area contributed by atoms with Crippen LogP contribution in [0.25, 0.3) is 0 Å². The molecule has 1 heterocycles. The lowest BCUT2D eigenvalue weighted by Crippen LogP contribution is -2.38. The van der Waals surface area contributed by atoms with Crippen molar-refractivity contribution in [1.29, 1.82) is 0 Å². The average Bonchev–Trinajstić information content (AvgIpc) is 2.59. The summed E-state index contributed by atoms with van der Waals surface area (Å²) >= 11 is 0. The predicted molar refractivity (Wildman–Crippen MR) is 83.1 cm³/mol. The lowest BCUT2D eigenvalue weighted by molar-refractivity contribution is 0.0579. The van der Waals surface area contributed by atoms with E-state index in [9.17, 15) is 9.59 Å². The van der Waals surface area contributed by atoms with Crippen molar-refractivity contribution in [2.24, 2.45) is 0 Å². The van der Waals surface area contributed by atoms with Crippen LogP contribution in [0, 0.1) is 0 Å². The number of ether oxygens (including phenoxy) is 1. The normalized spacial score (nSPS) is 16.6. The highest BCUT2D eigenvalue weighted by atomic mass is 16.6. The van der Waals surface area contributed by atoms with Crippen LogP contribution in [0.4, 0.5) is 10.5 Å². The van der Waals surface area contributed by atoms with Crippen molar-refractivity contribution in [3.8, 4) is 0 Å². The van der Waals surface area contributed by atoms with E-state index in [1.54, 1.807) is 17.9 Å². The SMILES string of the molecule is CC(=O)c1ccc2c(c1)C(C)(C)CN2C(=O)OC(C)(C)C. The Kier molecular flexibility index (Phi) is 3.60. The molecule has 1 aromatic carbocycles. The van der Waals surface area contributed by atoms with Crippen LogP contribution in [-0.2, 0) is 10.2 Å². The lowest BCUT2D eigenvalue weighted by atomic mass is 9.86. The highest BCUT2D eigenvalue weighted by molar-refractivity contribution is 5.97. The van der Waals surface area contributed by atoms with Crippen molar-refractivity contribution in [2.45, 2.75) is 52.6 Å². The molecule has 0 aliphatic carbocycles. The second-order valence-electron chi connectivity index (χ2n) is 7.24. The minimum atomic E-state index is -0.524. The van der Waals surface area contributed by atoms with Gasteiger partial charge in [-0.1, -0.05) is 13.8 Å². The van der Waals surface area contributed by atoms with E-state index in [2.05, 4.69) is 13.8 Å². The third kappa shape index (κ3) is 3.09. The summed E-state index contributed by atoms with van der Waals surface area (Å²) in [4.78, 5) is 25.6. The van der Waals surface area contributed by atoms with Gasteiger partial charge in [0.05, 0.1) is 5.69 Å². The minimum Gasteiger partial charge on any atom is -0.443 e. The maximum absolute atomic E-state index is 12.4. The van der Waals surface area contributed by atoms with Crippen LogP contribution in [-0.4, -0.2) is 24.0 Å². The minimum absolute atomic E-state index is 0.0318. The highest BCUT2D eigenvalue weighted by Crippen LogP contribution is 2.41. The van der Waals surface area contributed by atoms with E-state index in [-0.39, 0.29) is 17.3 Å². The molecule has 0 N–H and O–H groups in total. The fourth-order valence-electron chi connectivity index (χ4n) is 2.58. The molecule has 1 aliphatic rings. The first-order valence-electron chi connectivity index (χ1n) is 7.17. The zero-order chi connectivity index (χ0) is 16.0. The van der Waals surface area contributed by atoms with Gasteiger partial charge in [0.1, 0.15) is 5.60 Å². The van der Waals surface area contributed by atoms with Gasteiger partial charge in [0.2, 0.25) is 0 Å². The predicted octanol–water partition coefficient (Wildman–Crippen LogP) is 3.92. The van der Waals surface area contributed by atoms with E-state index >= 15 is 0 Å². The molecule has 0 spiro atoms. The zero-order valence-corrected chi connectivity index (χ0v) is 13.6. The molecular weight excluding hydrogens is 266 g/mol. The molecule has 21 heavy (non-hydrogen) atoms. The summed E-state index contributed by atoms with van der Waals surface area (Å²) in [7, 11) is 0. The number of anilines is 1. The molecule has 0 saturated carbocycles. The van der Waals surface area contributed by atoms with E-state index in [0.717, 1.165) is 11.3 Å². The monoisotopic (exact) mass is 289 g/mol. The molecule has 0 fully saturated rings. The van der Waals surface area contributed by atoms with Crippen molar-refractivity contribution in [3.05, 3.63) is 29.3 Å². The first kappa shape index (κ1) is 15.5. The standard InChI is InChI=1S/C17H23NO3/c1-11(19)12-7-8-14-13(9-12)17(5,6)10-18(14)15(20)21-16(2,3)4/h7-9H,10H2,1-6H3. The second kappa shape index (κ2) is 4.86. The molecule has 0 bridgehead atoms. The Hall–Kier alpha value is -1.84. The molecule has 4 heteroatoms. The molecule has 0 saturated heterocycles. The summed E-state index contributed by atoms with van der Waals surface area (Å²) < 4.78 is 5.47. The van der Waals surface area contributed by atoms with Crippen LogP contribution in [0.15, 0.2) is 18.2 Å². The van der Waals surface area contributed by atoms with Crippen LogP contribution >= 0.6 is 0 Å². The molecule has 4 nitrogen and oxygen atoms in total. The third-order valence-corrected chi connectivity index (χ3v) is 3.59. The van der Waals surface area contributed by atoms with Crippen molar-refractivity contribution < 1.29 is 14.3 Å². The van der Waals surface area contributed by atoms with E-state index in [1.165, 1.54) is 0 Å². The second-order valence-corrected chi connectivity index (χ2v) is 7.24. The summed E-state index contributed by atoms with van der Waals surface area (Å²) in [5.41, 5.74) is 1.80. The van der Waals surface area contributed by atoms with Gasteiger partial charge in [-0.15, -0.1) is 0 Å². The van der Waals surface area contributed by atoms with Gasteiger partial charge in [0, 0.05) is 17.5 Å². The Morgan fingerprint density at radius 1 is 1.24 bits per heavy atom. The van der Waals surface area contributed by atoms with Crippen LogP contribution in [0.5, 0.6) is 0 Å². The number of carbonyl (C=O) groups excluding carboxylic acids is 2. The van der Waals surface area contributed by atoms with Gasteiger partial charge >= 0.3 is 6.09 Å². The number of hydrogen-bond donors (Lipinski definition) is 0. The van der Waals surface area contributed by atoms with Crippen molar-refractivity contribution in [3.63, 3.8) is 0 Å². The van der Waals surface area contributed by atoms with E-state index < -0.39 is 5.60 Å². The molecule has 0 aromatic heterocycles. The molecular formula is C17H23NO3. The van der Waals surface area contributed by atoms with E-state index in [1.807, 2.05) is 32.9 Å². The molecule has 0 unspecified atom stereocenters. The molecule has 0 atom stereocenters. The summed E-state index contributed by atoms with van der Waals surface area (Å²) in [6.45, 7) is 11.8. The number of fused-ring (bicyclic) bond motifs is 1. The number of carbonyl (C=O) groups is 2. The summed E-state index contributed by atoms with van der Waals surface area (Å²) in [5, 5.41) is 0. The van der Waals surface area contributed by atoms with E-state index in [0.29, 0.717) is 12.1 Å². The summed E-state index contributed by atoms with van der Waals surface area (Å²) in [5.74, 6) is 0.0318. The molecule has 0 radical (unpaired) electrons. The van der Waals surface area contributed by atoms with Gasteiger partial charge in [0.25, 0.3) is 0 Å². The van der Waals surface area contributed by atoms with Crippen LogP contribution in [0.1, 0.15) is 57.5 Å². The quantitative estimate of drug-likeness (QED) is 0.736. The van der Waals surface area contributed by atoms with E-state index in [4.69, 9.17) is 4.74 Å². The summed E-state index contributed by atoms with van der Waals surface area (Å²) in [6.07, 6.45) is -0.343. The Balaban J connectivity index is 2.40. The first-order valence-corrected chi connectivity index (χ1v) is 7.17. The highest BCUT2D eigenvalue weighted by Gasteiger charge is 2.39. The van der Waals surface area contributed by atoms with Gasteiger partial charge in [-0.3, -0.25) is 9.69 Å². The van der Waals surface area contributed by atoms with Gasteiger partial charge in [-0.25, -0.2) is 4.79 Å². The molecule has 1 aliphatic heterocycles. The number of rotatable bonds is 1. The van der Waals surface area contributed by atoms with Crippen molar-refractivity contribution in [2.75, 3.05) is 11.4 Å². The maximum Gasteiger partial charge on any atom is 0.414 e. The average molecular weight is 289 g/mol. The molecule has 1 amide bonds. The fourth-order valence-corrected chi connectivity index (χ4v) is 2.58. The number of nitrogens with zero attached hydrogens (tertiary/aromatic N) is 1. The molecule has 1 aromatic rings. The Morgan fingerprint density at radius 3 is 2.38 bits per heavy atom.